The molecule has 94 valence electrons. The van der Waals surface area contributed by atoms with Crippen LogP contribution in [-0.4, -0.2) is 13.1 Å². The number of rotatable bonds is 1. The van der Waals surface area contributed by atoms with Crippen molar-refractivity contribution in [3.05, 3.63) is 11.6 Å². The van der Waals surface area contributed by atoms with E-state index in [1.54, 1.807) is 37.7 Å². The fourth-order valence-corrected chi connectivity index (χ4v) is 5.43. The van der Waals surface area contributed by atoms with E-state index in [1.807, 2.05) is 0 Å². The smallest absolute Gasteiger partial charge is 0.0164 e. The molecular weight excluding hydrogens is 206 g/mol. The Bertz CT molecular complexity index is 294. The molecule has 4 saturated carbocycles. The highest BCUT2D eigenvalue weighted by molar-refractivity contribution is 5.13. The number of hydrogen-bond acceptors (Lipinski definition) is 1. The van der Waals surface area contributed by atoms with Crippen LogP contribution < -0.4 is 5.32 Å². The van der Waals surface area contributed by atoms with E-state index >= 15 is 0 Å². The molecule has 0 aromatic heterocycles. The van der Waals surface area contributed by atoms with Crippen molar-refractivity contribution in [2.75, 3.05) is 13.1 Å². The first-order valence-electron chi connectivity index (χ1n) is 7.79. The van der Waals surface area contributed by atoms with Gasteiger partial charge in [0.2, 0.25) is 0 Å². The maximum atomic E-state index is 3.54. The standard InChI is InChI=1S/C16H25N/c1-2-11(10-17-3-1)9-16-14-5-12-4-13(7-14)8-15(16)6-12/h9,12-17H,1-8,10H2/b11-9+. The fraction of sp³-hybridized carbons (Fsp3) is 0.875. The van der Waals surface area contributed by atoms with Crippen molar-refractivity contribution < 1.29 is 0 Å². The number of allylic oxidation sites excluding steroid dienone is 1. The van der Waals surface area contributed by atoms with Crippen molar-refractivity contribution in [3.63, 3.8) is 0 Å². The highest BCUT2D eigenvalue weighted by atomic mass is 14.9. The summed E-state index contributed by atoms with van der Waals surface area (Å²) in [7, 11) is 0. The summed E-state index contributed by atoms with van der Waals surface area (Å²) in [6.07, 6.45) is 13.3. The first-order valence-corrected chi connectivity index (χ1v) is 7.79. The zero-order chi connectivity index (χ0) is 11.2. The molecule has 4 aliphatic carbocycles. The summed E-state index contributed by atoms with van der Waals surface area (Å²) in [6.45, 7) is 2.42. The van der Waals surface area contributed by atoms with Crippen LogP contribution in [0, 0.1) is 29.6 Å². The second-order valence-corrected chi connectivity index (χ2v) is 7.11. The van der Waals surface area contributed by atoms with Crippen LogP contribution in [0.25, 0.3) is 0 Å². The fourth-order valence-electron chi connectivity index (χ4n) is 5.43. The van der Waals surface area contributed by atoms with E-state index < -0.39 is 0 Å². The largest absolute Gasteiger partial charge is 0.313 e. The molecule has 1 heteroatoms. The molecule has 0 unspecified atom stereocenters. The van der Waals surface area contributed by atoms with E-state index in [4.69, 9.17) is 0 Å². The van der Waals surface area contributed by atoms with Gasteiger partial charge in [-0.1, -0.05) is 11.6 Å². The molecule has 1 heterocycles. The Hall–Kier alpha value is -0.300. The normalized spacial score (nSPS) is 51.1. The van der Waals surface area contributed by atoms with E-state index in [0.29, 0.717) is 0 Å². The van der Waals surface area contributed by atoms with Gasteiger partial charge in [-0.05, 0) is 81.1 Å². The maximum absolute atomic E-state index is 3.54. The number of hydrogen-bond donors (Lipinski definition) is 1. The van der Waals surface area contributed by atoms with E-state index in [1.165, 1.54) is 25.9 Å². The summed E-state index contributed by atoms with van der Waals surface area (Å²) in [6, 6.07) is 0. The van der Waals surface area contributed by atoms with Crippen LogP contribution in [0.1, 0.15) is 44.9 Å². The Morgan fingerprint density at radius 3 is 2.24 bits per heavy atom. The summed E-state index contributed by atoms with van der Waals surface area (Å²) >= 11 is 0. The lowest BCUT2D eigenvalue weighted by atomic mass is 9.51. The van der Waals surface area contributed by atoms with Crippen LogP contribution in [0.4, 0.5) is 0 Å². The third kappa shape index (κ3) is 1.87. The summed E-state index contributed by atoms with van der Waals surface area (Å²) in [5.74, 6) is 5.35. The molecule has 0 spiro atoms. The molecule has 1 saturated heterocycles. The maximum Gasteiger partial charge on any atom is 0.0164 e. The zero-order valence-corrected chi connectivity index (χ0v) is 10.8. The van der Waals surface area contributed by atoms with Crippen molar-refractivity contribution in [1.29, 1.82) is 0 Å². The zero-order valence-electron chi connectivity index (χ0n) is 10.8. The molecule has 5 rings (SSSR count). The molecule has 0 amide bonds. The minimum Gasteiger partial charge on any atom is -0.313 e. The predicted octanol–water partition coefficient (Wildman–Crippen LogP) is 3.37. The monoisotopic (exact) mass is 231 g/mol. The lowest BCUT2D eigenvalue weighted by molar-refractivity contribution is -0.0165. The predicted molar refractivity (Wildman–Crippen MR) is 70.7 cm³/mol. The van der Waals surface area contributed by atoms with Gasteiger partial charge in [0.25, 0.3) is 0 Å². The van der Waals surface area contributed by atoms with Gasteiger partial charge in [0.15, 0.2) is 0 Å². The van der Waals surface area contributed by atoms with Gasteiger partial charge in [-0.2, -0.15) is 0 Å². The minimum absolute atomic E-state index is 0.970. The molecule has 0 aromatic carbocycles. The van der Waals surface area contributed by atoms with Crippen LogP contribution in [0.3, 0.4) is 0 Å². The Kier molecular flexibility index (Phi) is 2.57. The summed E-state index contributed by atoms with van der Waals surface area (Å²) in [5, 5.41) is 3.54. The van der Waals surface area contributed by atoms with Gasteiger partial charge >= 0.3 is 0 Å². The quantitative estimate of drug-likeness (QED) is 0.682. The van der Waals surface area contributed by atoms with E-state index in [2.05, 4.69) is 11.4 Å². The summed E-state index contributed by atoms with van der Waals surface area (Å²) < 4.78 is 0. The van der Waals surface area contributed by atoms with E-state index in [-0.39, 0.29) is 0 Å². The molecule has 0 atom stereocenters. The molecule has 4 bridgehead atoms. The SMILES string of the molecule is C(=C1/CCCNC1)/C1C2CC3CC(C2)CC1C3. The van der Waals surface area contributed by atoms with Crippen LogP contribution in [0.5, 0.6) is 0 Å². The van der Waals surface area contributed by atoms with Crippen molar-refractivity contribution >= 4 is 0 Å². The van der Waals surface area contributed by atoms with Crippen molar-refractivity contribution in [3.8, 4) is 0 Å². The van der Waals surface area contributed by atoms with Gasteiger partial charge in [-0.25, -0.2) is 0 Å². The molecular formula is C16H25N. The average molecular weight is 231 g/mol. The molecule has 1 N–H and O–H groups in total. The number of piperidine rings is 1. The molecule has 1 nitrogen and oxygen atoms in total. The first-order chi connectivity index (χ1) is 8.38. The highest BCUT2D eigenvalue weighted by Crippen LogP contribution is 2.57. The van der Waals surface area contributed by atoms with Crippen LogP contribution in [0.15, 0.2) is 11.6 Å². The second kappa shape index (κ2) is 4.12. The van der Waals surface area contributed by atoms with Crippen LogP contribution in [0.2, 0.25) is 0 Å². The first kappa shape index (κ1) is 10.6. The van der Waals surface area contributed by atoms with Crippen molar-refractivity contribution in [2.45, 2.75) is 44.9 Å². The van der Waals surface area contributed by atoms with Gasteiger partial charge in [0, 0.05) is 6.54 Å². The third-order valence-corrected chi connectivity index (χ3v) is 5.93. The Morgan fingerprint density at radius 1 is 0.941 bits per heavy atom. The van der Waals surface area contributed by atoms with Gasteiger partial charge in [0.1, 0.15) is 0 Å². The molecule has 1 aliphatic heterocycles. The Labute approximate surface area is 105 Å². The van der Waals surface area contributed by atoms with Gasteiger partial charge < -0.3 is 5.32 Å². The molecule has 5 aliphatic rings. The molecule has 17 heavy (non-hydrogen) atoms. The van der Waals surface area contributed by atoms with Crippen LogP contribution in [-0.2, 0) is 0 Å². The summed E-state index contributed by atoms with van der Waals surface area (Å²) in [5.41, 5.74) is 1.73. The third-order valence-electron chi connectivity index (χ3n) is 5.93. The second-order valence-electron chi connectivity index (χ2n) is 7.11. The Balaban J connectivity index is 1.54. The van der Waals surface area contributed by atoms with Crippen molar-refractivity contribution in [2.24, 2.45) is 29.6 Å². The van der Waals surface area contributed by atoms with Gasteiger partial charge in [-0.15, -0.1) is 0 Å². The number of nitrogens with one attached hydrogen (secondary N) is 1. The van der Waals surface area contributed by atoms with Gasteiger partial charge in [0.05, 0.1) is 0 Å². The van der Waals surface area contributed by atoms with Crippen molar-refractivity contribution in [1.82, 2.24) is 5.32 Å². The molecule has 0 radical (unpaired) electrons. The highest BCUT2D eigenvalue weighted by Gasteiger charge is 2.47. The molecule has 5 fully saturated rings. The van der Waals surface area contributed by atoms with E-state index in [0.717, 1.165) is 29.6 Å². The Morgan fingerprint density at radius 2 is 1.65 bits per heavy atom. The topological polar surface area (TPSA) is 12.0 Å². The minimum atomic E-state index is 0.970. The summed E-state index contributed by atoms with van der Waals surface area (Å²) in [4.78, 5) is 0. The lowest BCUT2D eigenvalue weighted by Gasteiger charge is -2.54. The van der Waals surface area contributed by atoms with E-state index in [9.17, 15) is 0 Å². The molecule has 0 aromatic rings. The van der Waals surface area contributed by atoms with Gasteiger partial charge in [-0.3, -0.25) is 0 Å². The van der Waals surface area contributed by atoms with Crippen LogP contribution >= 0.6 is 0 Å². The lowest BCUT2D eigenvalue weighted by Crippen LogP contribution is -2.44. The average Bonchev–Trinajstić information content (AvgIpc) is 2.34.